The molecule has 0 saturated carbocycles. The van der Waals surface area contributed by atoms with E-state index in [1.54, 1.807) is 7.11 Å². The summed E-state index contributed by atoms with van der Waals surface area (Å²) in [6, 6.07) is 10.7. The van der Waals surface area contributed by atoms with Gasteiger partial charge in [-0.25, -0.2) is 0 Å². The zero-order valence-electron chi connectivity index (χ0n) is 26.1. The van der Waals surface area contributed by atoms with Gasteiger partial charge in [-0.05, 0) is 75.2 Å². The van der Waals surface area contributed by atoms with Gasteiger partial charge in [0.25, 0.3) is 0 Å². The average molecular weight is 577 g/mol. The Labute approximate surface area is 249 Å². The Morgan fingerprint density at radius 3 is 2.48 bits per heavy atom. The second-order valence-corrected chi connectivity index (χ2v) is 13.7. The number of aromatic nitrogens is 2. The van der Waals surface area contributed by atoms with Crippen LogP contribution in [0.4, 0.5) is 0 Å². The first-order chi connectivity index (χ1) is 20.0. The van der Waals surface area contributed by atoms with Gasteiger partial charge < -0.3 is 33.2 Å². The van der Waals surface area contributed by atoms with Gasteiger partial charge in [0.2, 0.25) is 0 Å². The van der Waals surface area contributed by atoms with Crippen molar-refractivity contribution in [2.45, 2.75) is 90.3 Å². The van der Waals surface area contributed by atoms with E-state index in [1.807, 2.05) is 12.3 Å². The Hall–Kier alpha value is -2.27. The lowest BCUT2D eigenvalue weighted by molar-refractivity contribution is -0.0336. The molecule has 4 heterocycles. The highest BCUT2D eigenvalue weighted by molar-refractivity contribution is 6.62. The van der Waals surface area contributed by atoms with Crippen molar-refractivity contribution in [1.82, 2.24) is 9.55 Å². The zero-order chi connectivity index (χ0) is 29.9. The minimum absolute atomic E-state index is 0.00951. The number of ether oxygens (including phenoxy) is 3. The van der Waals surface area contributed by atoms with Crippen molar-refractivity contribution in [3.8, 4) is 11.3 Å². The van der Waals surface area contributed by atoms with E-state index in [0.717, 1.165) is 59.4 Å². The van der Waals surface area contributed by atoms with Gasteiger partial charge in [-0.2, -0.15) is 0 Å². The number of aliphatic hydroxyl groups excluding tert-OH is 1. The molecule has 9 heteroatoms. The van der Waals surface area contributed by atoms with Crippen LogP contribution in [0.3, 0.4) is 0 Å². The SMILES string of the molecule is CO[C@@H]1c2ncccc2-c2c(c3cc(B4OC(C)(C)C(C)(C)O4)ccc3n2CCOC2CCOCC2)C1C(C)(C)CO. The summed E-state index contributed by atoms with van der Waals surface area (Å²) in [6.45, 7) is 15.3. The normalized spacial score (nSPS) is 23.8. The minimum atomic E-state index is -0.483. The molecular formula is C33H45BN2O6. The summed E-state index contributed by atoms with van der Waals surface area (Å²) in [5.74, 6) is -0.140. The van der Waals surface area contributed by atoms with E-state index >= 15 is 0 Å². The second kappa shape index (κ2) is 11.0. The van der Waals surface area contributed by atoms with Gasteiger partial charge >= 0.3 is 7.12 Å². The molecule has 0 bridgehead atoms. The predicted octanol–water partition coefficient (Wildman–Crippen LogP) is 5.00. The number of benzene rings is 1. The summed E-state index contributed by atoms with van der Waals surface area (Å²) in [6.07, 6.45) is 3.60. The highest BCUT2D eigenvalue weighted by Crippen LogP contribution is 2.56. The van der Waals surface area contributed by atoms with Gasteiger partial charge in [0.1, 0.15) is 6.10 Å². The van der Waals surface area contributed by atoms with Gasteiger partial charge in [0.15, 0.2) is 0 Å². The molecule has 0 radical (unpaired) electrons. The molecule has 1 unspecified atom stereocenters. The van der Waals surface area contributed by atoms with Crippen LogP contribution in [0.2, 0.25) is 0 Å². The number of methoxy groups -OCH3 is 1. The fraction of sp³-hybridized carbons (Fsp3) is 0.606. The van der Waals surface area contributed by atoms with Crippen LogP contribution >= 0.6 is 0 Å². The van der Waals surface area contributed by atoms with Gasteiger partial charge in [0.05, 0.1) is 35.3 Å². The number of hydrogen-bond acceptors (Lipinski definition) is 7. The van der Waals surface area contributed by atoms with Gasteiger partial charge in [-0.15, -0.1) is 0 Å². The molecule has 0 spiro atoms. The lowest BCUT2D eigenvalue weighted by Gasteiger charge is -2.41. The largest absolute Gasteiger partial charge is 0.494 e. The summed E-state index contributed by atoms with van der Waals surface area (Å²) in [4.78, 5) is 4.84. The Morgan fingerprint density at radius 1 is 1.10 bits per heavy atom. The van der Waals surface area contributed by atoms with Crippen LogP contribution in [-0.2, 0) is 30.1 Å². The maximum absolute atomic E-state index is 10.7. The Kier molecular flexibility index (Phi) is 7.82. The molecule has 3 aliphatic rings. The molecule has 0 amide bonds. The molecule has 3 aromatic rings. The lowest BCUT2D eigenvalue weighted by Crippen LogP contribution is -2.41. The zero-order valence-corrected chi connectivity index (χ0v) is 26.1. The smallest absolute Gasteiger partial charge is 0.399 e. The van der Waals surface area contributed by atoms with Crippen LogP contribution in [0.15, 0.2) is 36.5 Å². The van der Waals surface area contributed by atoms with Crippen molar-refractivity contribution in [1.29, 1.82) is 0 Å². The molecular weight excluding hydrogens is 531 g/mol. The molecule has 1 aromatic carbocycles. The average Bonchev–Trinajstić information content (AvgIpc) is 3.41. The summed E-state index contributed by atoms with van der Waals surface area (Å²) in [7, 11) is 1.26. The molecule has 2 aliphatic heterocycles. The van der Waals surface area contributed by atoms with Crippen molar-refractivity contribution in [3.63, 3.8) is 0 Å². The molecule has 1 aliphatic carbocycles. The Balaban J connectivity index is 1.52. The first kappa shape index (κ1) is 29.8. The van der Waals surface area contributed by atoms with Crippen LogP contribution in [0, 0.1) is 5.41 Å². The van der Waals surface area contributed by atoms with E-state index in [1.165, 1.54) is 5.56 Å². The number of fused-ring (bicyclic) bond motifs is 5. The molecule has 8 nitrogen and oxygen atoms in total. The highest BCUT2D eigenvalue weighted by Gasteiger charge is 2.52. The maximum Gasteiger partial charge on any atom is 0.494 e. The Morgan fingerprint density at radius 2 is 1.81 bits per heavy atom. The standard InChI is InChI=1S/C33H45BN2O6/c1-31(2,20-37)27-26-24-19-21(34-41-32(3,4)33(5,6)42-34)10-11-25(24)36(15-18-40-22-12-16-39-17-13-22)29(26)23-9-8-14-35-28(23)30(27)38-7/h8-11,14,19,22,27,30,37H,12-13,15-18,20H2,1-7H3/t27?,30-/m0/s1. The van der Waals surface area contributed by atoms with Crippen LogP contribution < -0.4 is 5.46 Å². The number of pyridine rings is 1. The first-order valence-electron chi connectivity index (χ1n) is 15.3. The van der Waals surface area contributed by atoms with Crippen molar-refractivity contribution >= 4 is 23.5 Å². The number of rotatable bonds is 8. The van der Waals surface area contributed by atoms with Crippen molar-refractivity contribution < 1.29 is 28.6 Å². The molecule has 6 rings (SSSR count). The molecule has 2 atom stereocenters. The molecule has 226 valence electrons. The van der Waals surface area contributed by atoms with Crippen LogP contribution in [-0.4, -0.2) is 72.6 Å². The molecule has 2 saturated heterocycles. The number of aliphatic hydroxyl groups is 1. The van der Waals surface area contributed by atoms with Gasteiger partial charge in [-0.3, -0.25) is 4.98 Å². The van der Waals surface area contributed by atoms with E-state index in [9.17, 15) is 5.11 Å². The number of nitrogens with zero attached hydrogens (tertiary/aromatic N) is 2. The fourth-order valence-corrected chi connectivity index (χ4v) is 6.82. The summed E-state index contributed by atoms with van der Waals surface area (Å²) in [5.41, 5.74) is 4.98. The predicted molar refractivity (Wildman–Crippen MR) is 164 cm³/mol. The third-order valence-electron chi connectivity index (χ3n) is 9.97. The maximum atomic E-state index is 10.7. The van der Waals surface area contributed by atoms with E-state index in [4.69, 9.17) is 28.5 Å². The summed E-state index contributed by atoms with van der Waals surface area (Å²) < 4.78 is 33.4. The van der Waals surface area contributed by atoms with Crippen molar-refractivity contribution in [2.75, 3.05) is 33.5 Å². The van der Waals surface area contributed by atoms with Crippen LogP contribution in [0.5, 0.6) is 0 Å². The third-order valence-corrected chi connectivity index (χ3v) is 9.97. The first-order valence-corrected chi connectivity index (χ1v) is 15.3. The monoisotopic (exact) mass is 576 g/mol. The van der Waals surface area contributed by atoms with E-state index in [0.29, 0.717) is 13.2 Å². The van der Waals surface area contributed by atoms with Crippen LogP contribution in [0.25, 0.3) is 22.2 Å². The summed E-state index contributed by atoms with van der Waals surface area (Å²) in [5, 5.41) is 11.8. The van der Waals surface area contributed by atoms with Crippen molar-refractivity contribution in [3.05, 3.63) is 47.8 Å². The number of hydrogen-bond donors (Lipinski definition) is 1. The van der Waals surface area contributed by atoms with E-state index in [-0.39, 0.29) is 24.7 Å². The van der Waals surface area contributed by atoms with E-state index in [2.05, 4.69) is 70.4 Å². The van der Waals surface area contributed by atoms with Crippen molar-refractivity contribution in [2.24, 2.45) is 5.41 Å². The fourth-order valence-electron chi connectivity index (χ4n) is 6.82. The van der Waals surface area contributed by atoms with Gasteiger partial charge in [0, 0.05) is 62.1 Å². The molecule has 42 heavy (non-hydrogen) atoms. The topological polar surface area (TPSA) is 84.2 Å². The Bertz CT molecular complexity index is 1430. The van der Waals surface area contributed by atoms with Gasteiger partial charge in [-0.1, -0.05) is 26.0 Å². The van der Waals surface area contributed by atoms with E-state index < -0.39 is 23.7 Å². The second-order valence-electron chi connectivity index (χ2n) is 13.7. The highest BCUT2D eigenvalue weighted by atomic mass is 16.7. The molecule has 2 fully saturated rings. The minimum Gasteiger partial charge on any atom is -0.399 e. The third kappa shape index (κ3) is 4.92. The summed E-state index contributed by atoms with van der Waals surface area (Å²) >= 11 is 0. The molecule has 2 aromatic heterocycles. The lowest BCUT2D eigenvalue weighted by atomic mass is 9.67. The van der Waals surface area contributed by atoms with Crippen LogP contribution in [0.1, 0.15) is 77.7 Å². The molecule has 1 N–H and O–H groups in total. The quantitative estimate of drug-likeness (QED) is 0.378.